The van der Waals surface area contributed by atoms with Gasteiger partial charge in [-0.2, -0.15) is 11.8 Å². The zero-order chi connectivity index (χ0) is 7.82. The lowest BCUT2D eigenvalue weighted by Gasteiger charge is -2.03. The van der Waals surface area contributed by atoms with Crippen LogP contribution in [-0.4, -0.2) is 29.3 Å². The molecule has 0 heterocycles. The van der Waals surface area contributed by atoms with Crippen molar-refractivity contribution in [1.29, 1.82) is 0 Å². The fourth-order valence-corrected chi connectivity index (χ4v) is 1.13. The average molecular weight is 161 g/mol. The summed E-state index contributed by atoms with van der Waals surface area (Å²) >= 11 is 1.66. The molecule has 0 aliphatic rings. The van der Waals surface area contributed by atoms with Gasteiger partial charge in [-0.25, -0.2) is 0 Å². The summed E-state index contributed by atoms with van der Waals surface area (Å²) in [6, 6.07) is -0.255. The van der Waals surface area contributed by atoms with E-state index < -0.39 is 0 Å². The molecule has 0 saturated carbocycles. The van der Waals surface area contributed by atoms with Crippen LogP contribution in [0.1, 0.15) is 6.92 Å². The minimum Gasteiger partial charge on any atom is -0.396 e. The van der Waals surface area contributed by atoms with Gasteiger partial charge in [0, 0.05) is 10.7 Å². The molecule has 10 heavy (non-hydrogen) atoms. The monoisotopic (exact) mass is 161 g/mol. The maximum absolute atomic E-state index is 8.61. The Morgan fingerprint density at radius 2 is 2.50 bits per heavy atom. The molecule has 0 rings (SSSR count). The molecule has 0 fully saturated rings. The lowest BCUT2D eigenvalue weighted by atomic mass is 10.4. The number of rotatable bonds is 5. The molecule has 58 valence electrons. The second-order valence-corrected chi connectivity index (χ2v) is 3.02. The molecule has 0 radical (unpaired) electrons. The maximum Gasteiger partial charge on any atom is 0.0695 e. The minimum absolute atomic E-state index is 0.0585. The Labute approximate surface area is 64.3 Å². The summed E-state index contributed by atoms with van der Waals surface area (Å²) in [5, 5.41) is 12.0. The molecule has 0 spiro atoms. The molecule has 1 unspecified atom stereocenters. The molecule has 5 heteroatoms. The second-order valence-electron chi connectivity index (χ2n) is 1.70. The van der Waals surface area contributed by atoms with Gasteiger partial charge in [0.05, 0.1) is 12.6 Å². The van der Waals surface area contributed by atoms with E-state index in [-0.39, 0.29) is 12.6 Å². The predicted octanol–water partition coefficient (Wildman–Crippen LogP) is 1.41. The number of aliphatic hydroxyl groups is 1. The highest BCUT2D eigenvalue weighted by molar-refractivity contribution is 7.99. The Hall–Kier alpha value is -0.380. The van der Waals surface area contributed by atoms with Gasteiger partial charge in [-0.15, -0.1) is 0 Å². The number of hydrogen-bond acceptors (Lipinski definition) is 3. The Bertz CT molecular complexity index is 124. The molecule has 0 aromatic heterocycles. The van der Waals surface area contributed by atoms with Crippen molar-refractivity contribution in [3.8, 4) is 0 Å². The van der Waals surface area contributed by atoms with Gasteiger partial charge in [0.15, 0.2) is 0 Å². The smallest absolute Gasteiger partial charge is 0.0695 e. The topological polar surface area (TPSA) is 69.0 Å². The van der Waals surface area contributed by atoms with Crippen LogP contribution in [0.2, 0.25) is 0 Å². The summed E-state index contributed by atoms with van der Waals surface area (Å²) in [6.07, 6.45) is 0. The molecule has 4 nitrogen and oxygen atoms in total. The zero-order valence-electron chi connectivity index (χ0n) is 5.90. The number of thioether (sulfide) groups is 1. The van der Waals surface area contributed by atoms with Gasteiger partial charge in [-0.05, 0) is 11.3 Å². The van der Waals surface area contributed by atoms with Crippen molar-refractivity contribution in [3.63, 3.8) is 0 Å². The lowest BCUT2D eigenvalue weighted by Crippen LogP contribution is -2.12. The summed E-state index contributed by atoms with van der Waals surface area (Å²) in [5.41, 5.74) is 8.01. The average Bonchev–Trinajstić information content (AvgIpc) is 1.98. The fourth-order valence-electron chi connectivity index (χ4n) is 0.449. The highest BCUT2D eigenvalue weighted by atomic mass is 32.2. The molecular weight excluding hydrogens is 150 g/mol. The Kier molecular flexibility index (Phi) is 6.48. The van der Waals surface area contributed by atoms with Crippen molar-refractivity contribution in [3.05, 3.63) is 10.4 Å². The molecule has 0 aromatic rings. The van der Waals surface area contributed by atoms with Crippen LogP contribution in [0.3, 0.4) is 0 Å². The van der Waals surface area contributed by atoms with E-state index in [1.165, 1.54) is 0 Å². The van der Waals surface area contributed by atoms with E-state index >= 15 is 0 Å². The molecule has 0 amide bonds. The van der Waals surface area contributed by atoms with E-state index in [0.717, 1.165) is 5.75 Å². The van der Waals surface area contributed by atoms with Crippen LogP contribution in [0.5, 0.6) is 0 Å². The molecule has 1 N–H and O–H groups in total. The van der Waals surface area contributed by atoms with Gasteiger partial charge >= 0.3 is 0 Å². The van der Waals surface area contributed by atoms with Crippen LogP contribution < -0.4 is 0 Å². The summed E-state index contributed by atoms with van der Waals surface area (Å²) < 4.78 is 0. The number of azide groups is 1. The highest BCUT2D eigenvalue weighted by Crippen LogP contribution is 2.04. The predicted molar refractivity (Wildman–Crippen MR) is 43.0 cm³/mol. The minimum atomic E-state index is -0.255. The van der Waals surface area contributed by atoms with Crippen LogP contribution in [0.25, 0.3) is 10.4 Å². The molecular formula is C5H11N3OS. The fraction of sp³-hybridized carbons (Fsp3) is 1.00. The summed E-state index contributed by atoms with van der Waals surface area (Å²) in [4.78, 5) is 2.61. The molecule has 0 aliphatic carbocycles. The van der Waals surface area contributed by atoms with Gasteiger partial charge in [0.25, 0.3) is 0 Å². The third-order valence-electron chi connectivity index (χ3n) is 0.940. The molecule has 1 atom stereocenters. The standard InChI is InChI=1S/C5H11N3OS/c1-2-10-4-5(3-9)7-8-6/h5,9H,2-4H2,1H3. The van der Waals surface area contributed by atoms with Crippen molar-refractivity contribution in [2.75, 3.05) is 18.1 Å². The molecule has 0 aromatic carbocycles. The van der Waals surface area contributed by atoms with E-state index in [9.17, 15) is 0 Å². The summed E-state index contributed by atoms with van der Waals surface area (Å²) in [7, 11) is 0. The largest absolute Gasteiger partial charge is 0.396 e. The van der Waals surface area contributed by atoms with E-state index in [1.54, 1.807) is 11.8 Å². The number of aliphatic hydroxyl groups excluding tert-OH is 1. The third kappa shape index (κ3) is 4.49. The SMILES string of the molecule is CCSCC(CO)N=[N+]=[N-]. The molecule has 0 saturated heterocycles. The van der Waals surface area contributed by atoms with E-state index in [1.807, 2.05) is 6.92 Å². The van der Waals surface area contributed by atoms with Crippen LogP contribution >= 0.6 is 11.8 Å². The van der Waals surface area contributed by atoms with Crippen LogP contribution in [0.15, 0.2) is 5.11 Å². The lowest BCUT2D eigenvalue weighted by molar-refractivity contribution is 0.275. The van der Waals surface area contributed by atoms with Crippen molar-refractivity contribution in [1.82, 2.24) is 0 Å². The zero-order valence-corrected chi connectivity index (χ0v) is 6.71. The van der Waals surface area contributed by atoms with E-state index in [0.29, 0.717) is 5.75 Å². The third-order valence-corrected chi connectivity index (χ3v) is 1.97. The highest BCUT2D eigenvalue weighted by Gasteiger charge is 2.01. The summed E-state index contributed by atoms with van der Waals surface area (Å²) in [5.74, 6) is 1.69. The van der Waals surface area contributed by atoms with Crippen molar-refractivity contribution >= 4 is 11.8 Å². The van der Waals surface area contributed by atoms with Crippen molar-refractivity contribution in [2.45, 2.75) is 13.0 Å². The van der Waals surface area contributed by atoms with Gasteiger partial charge in [0.1, 0.15) is 0 Å². The normalized spacial score (nSPS) is 12.2. The van der Waals surface area contributed by atoms with Crippen LogP contribution in [0.4, 0.5) is 0 Å². The number of hydrogen-bond donors (Lipinski definition) is 1. The first kappa shape index (κ1) is 9.62. The van der Waals surface area contributed by atoms with Gasteiger partial charge in [0.2, 0.25) is 0 Å². The molecule has 0 bridgehead atoms. The van der Waals surface area contributed by atoms with E-state index in [4.69, 9.17) is 10.6 Å². The Balaban J connectivity index is 3.49. The Morgan fingerprint density at radius 1 is 1.80 bits per heavy atom. The van der Waals surface area contributed by atoms with E-state index in [2.05, 4.69) is 10.0 Å². The van der Waals surface area contributed by atoms with Crippen LogP contribution in [-0.2, 0) is 0 Å². The Morgan fingerprint density at radius 3 is 2.90 bits per heavy atom. The van der Waals surface area contributed by atoms with Crippen LogP contribution in [0, 0.1) is 0 Å². The summed E-state index contributed by atoms with van der Waals surface area (Å²) in [6.45, 7) is 1.96. The van der Waals surface area contributed by atoms with Gasteiger partial charge in [-0.1, -0.05) is 12.0 Å². The first-order valence-corrected chi connectivity index (χ1v) is 4.23. The number of nitrogens with zero attached hydrogens (tertiary/aromatic N) is 3. The molecule has 0 aliphatic heterocycles. The first-order chi connectivity index (χ1) is 4.85. The van der Waals surface area contributed by atoms with Gasteiger partial charge in [-0.3, -0.25) is 0 Å². The maximum atomic E-state index is 8.61. The first-order valence-electron chi connectivity index (χ1n) is 3.08. The van der Waals surface area contributed by atoms with Crippen molar-refractivity contribution < 1.29 is 5.11 Å². The quantitative estimate of drug-likeness (QED) is 0.376. The second kappa shape index (κ2) is 6.74. The van der Waals surface area contributed by atoms with Crippen molar-refractivity contribution in [2.24, 2.45) is 5.11 Å². The van der Waals surface area contributed by atoms with Gasteiger partial charge < -0.3 is 5.11 Å².